The Kier molecular flexibility index (Phi) is 5.44. The van der Waals surface area contributed by atoms with Gasteiger partial charge in [0.1, 0.15) is 0 Å². The van der Waals surface area contributed by atoms with Crippen molar-refractivity contribution in [2.75, 3.05) is 19.6 Å². The van der Waals surface area contributed by atoms with Crippen molar-refractivity contribution in [3.05, 3.63) is 53.9 Å². The number of halogens is 3. The molecule has 0 saturated carbocycles. The van der Waals surface area contributed by atoms with Gasteiger partial charge >= 0.3 is 6.18 Å². The number of hydrogen-bond acceptors (Lipinski definition) is 3. The van der Waals surface area contributed by atoms with E-state index in [1.165, 1.54) is 10.9 Å². The number of hydrogen-bond donors (Lipinski definition) is 1. The van der Waals surface area contributed by atoms with Gasteiger partial charge in [0.15, 0.2) is 5.69 Å². The van der Waals surface area contributed by atoms with Crippen LogP contribution >= 0.6 is 0 Å². The topological polar surface area (TPSA) is 41.3 Å². The van der Waals surface area contributed by atoms with Crippen molar-refractivity contribution in [3.8, 4) is 0 Å². The number of benzene rings is 1. The Balaban J connectivity index is 1.48. The lowest BCUT2D eigenvalue weighted by Crippen LogP contribution is -2.40. The molecule has 1 N–H and O–H groups in total. The zero-order chi connectivity index (χ0) is 17.9. The first kappa shape index (κ1) is 17.9. The fourth-order valence-corrected chi connectivity index (χ4v) is 3.31. The Morgan fingerprint density at radius 3 is 2.40 bits per heavy atom. The van der Waals surface area contributed by atoms with Crippen LogP contribution in [0.3, 0.4) is 0 Å². The second-order valence-corrected chi connectivity index (χ2v) is 6.55. The van der Waals surface area contributed by atoms with Crippen LogP contribution in [0.4, 0.5) is 13.2 Å². The molecule has 2 heterocycles. The van der Waals surface area contributed by atoms with Gasteiger partial charge in [-0.15, -0.1) is 0 Å². The van der Waals surface area contributed by atoms with Gasteiger partial charge in [0, 0.05) is 25.8 Å². The molecular formula is C18H22F3N3O. The van der Waals surface area contributed by atoms with Crippen LogP contribution in [0.1, 0.15) is 30.1 Å². The van der Waals surface area contributed by atoms with Crippen molar-refractivity contribution in [1.29, 1.82) is 0 Å². The SMILES string of the molecule is OC(Cc1ccccc1)CN1CCC(n2ccc(C(F)(F)F)n2)CC1. The lowest BCUT2D eigenvalue weighted by molar-refractivity contribution is -0.141. The maximum atomic E-state index is 12.6. The number of β-amino-alcohol motifs (C(OH)–C–C–N with tert-alkyl or cyclic N) is 1. The number of piperidine rings is 1. The predicted molar refractivity (Wildman–Crippen MR) is 88.1 cm³/mol. The maximum absolute atomic E-state index is 12.6. The van der Waals surface area contributed by atoms with Gasteiger partial charge in [0.05, 0.1) is 12.1 Å². The van der Waals surface area contributed by atoms with E-state index in [1.54, 1.807) is 0 Å². The van der Waals surface area contributed by atoms with Crippen LogP contribution in [0.5, 0.6) is 0 Å². The fraction of sp³-hybridized carbons (Fsp3) is 0.500. The van der Waals surface area contributed by atoms with Crippen molar-refractivity contribution in [2.24, 2.45) is 0 Å². The molecular weight excluding hydrogens is 331 g/mol. The molecule has 1 aliphatic heterocycles. The molecule has 0 spiro atoms. The lowest BCUT2D eigenvalue weighted by atomic mass is 10.0. The summed E-state index contributed by atoms with van der Waals surface area (Å²) in [5.41, 5.74) is 0.259. The highest BCUT2D eigenvalue weighted by atomic mass is 19.4. The maximum Gasteiger partial charge on any atom is 0.435 e. The number of aliphatic hydroxyl groups excluding tert-OH is 1. The molecule has 25 heavy (non-hydrogen) atoms. The third-order valence-corrected chi connectivity index (χ3v) is 4.61. The molecule has 1 atom stereocenters. The van der Waals surface area contributed by atoms with Crippen LogP contribution < -0.4 is 0 Å². The highest BCUT2D eigenvalue weighted by Crippen LogP contribution is 2.29. The smallest absolute Gasteiger partial charge is 0.391 e. The van der Waals surface area contributed by atoms with Crippen molar-refractivity contribution in [2.45, 2.75) is 37.6 Å². The van der Waals surface area contributed by atoms with E-state index in [1.807, 2.05) is 30.3 Å². The molecule has 136 valence electrons. The molecule has 1 fully saturated rings. The lowest BCUT2D eigenvalue weighted by Gasteiger charge is -2.33. The summed E-state index contributed by atoms with van der Waals surface area (Å²) in [4.78, 5) is 2.16. The first-order chi connectivity index (χ1) is 11.9. The molecule has 1 saturated heterocycles. The molecule has 1 aliphatic rings. The van der Waals surface area contributed by atoms with Gasteiger partial charge in [0.25, 0.3) is 0 Å². The molecule has 0 bridgehead atoms. The van der Waals surface area contributed by atoms with Gasteiger partial charge in [-0.05, 0) is 30.9 Å². The normalized spacial score (nSPS) is 18.4. The van der Waals surface area contributed by atoms with E-state index in [0.29, 0.717) is 13.0 Å². The highest BCUT2D eigenvalue weighted by Gasteiger charge is 2.34. The third kappa shape index (κ3) is 4.83. The molecule has 2 aromatic rings. The summed E-state index contributed by atoms with van der Waals surface area (Å²) < 4.78 is 39.4. The minimum Gasteiger partial charge on any atom is -0.391 e. The monoisotopic (exact) mass is 353 g/mol. The third-order valence-electron chi connectivity index (χ3n) is 4.61. The predicted octanol–water partition coefficient (Wildman–Crippen LogP) is 3.14. The number of alkyl halides is 3. The molecule has 0 amide bonds. The Hall–Kier alpha value is -1.86. The van der Waals surface area contributed by atoms with Crippen molar-refractivity contribution in [3.63, 3.8) is 0 Å². The van der Waals surface area contributed by atoms with Crippen LogP contribution in [0.15, 0.2) is 42.6 Å². The number of rotatable bonds is 5. The summed E-state index contributed by atoms with van der Waals surface area (Å²) >= 11 is 0. The average Bonchev–Trinajstić information content (AvgIpc) is 3.07. The van der Waals surface area contributed by atoms with E-state index in [-0.39, 0.29) is 6.04 Å². The van der Waals surface area contributed by atoms with Gasteiger partial charge in [0.2, 0.25) is 0 Å². The van der Waals surface area contributed by atoms with Crippen LogP contribution in [-0.2, 0) is 12.6 Å². The summed E-state index contributed by atoms with van der Waals surface area (Å²) in [6.45, 7) is 2.07. The van der Waals surface area contributed by atoms with E-state index in [9.17, 15) is 18.3 Å². The van der Waals surface area contributed by atoms with Crippen LogP contribution in [0.2, 0.25) is 0 Å². The second-order valence-electron chi connectivity index (χ2n) is 6.55. The summed E-state index contributed by atoms with van der Waals surface area (Å²) in [5.74, 6) is 0. The van der Waals surface area contributed by atoms with E-state index < -0.39 is 18.0 Å². The number of nitrogens with zero attached hydrogens (tertiary/aromatic N) is 3. The Labute approximate surface area is 144 Å². The molecule has 0 radical (unpaired) electrons. The summed E-state index contributed by atoms with van der Waals surface area (Å²) in [6.07, 6.45) is -1.36. The molecule has 7 heteroatoms. The van der Waals surface area contributed by atoms with Gasteiger partial charge < -0.3 is 10.0 Å². The molecule has 3 rings (SSSR count). The Morgan fingerprint density at radius 1 is 1.12 bits per heavy atom. The van der Waals surface area contributed by atoms with Crippen LogP contribution in [0.25, 0.3) is 0 Å². The Bertz CT molecular complexity index is 664. The van der Waals surface area contributed by atoms with E-state index in [2.05, 4.69) is 10.00 Å². The van der Waals surface area contributed by atoms with Crippen molar-refractivity contribution in [1.82, 2.24) is 14.7 Å². The molecule has 4 nitrogen and oxygen atoms in total. The Morgan fingerprint density at radius 2 is 1.80 bits per heavy atom. The summed E-state index contributed by atoms with van der Waals surface area (Å²) in [5, 5.41) is 13.9. The van der Waals surface area contributed by atoms with E-state index >= 15 is 0 Å². The van der Waals surface area contributed by atoms with Crippen LogP contribution in [-0.4, -0.2) is 45.5 Å². The standard InChI is InChI=1S/C18H22F3N3O/c19-18(20,21)17-8-11-24(22-17)15-6-9-23(10-7-15)13-16(25)12-14-4-2-1-3-5-14/h1-5,8,11,15-16,25H,6-7,9-10,12-13H2. The second kappa shape index (κ2) is 7.58. The zero-order valence-corrected chi connectivity index (χ0v) is 13.9. The molecule has 1 unspecified atom stereocenters. The molecule has 1 aromatic carbocycles. The molecule has 0 aliphatic carbocycles. The van der Waals surface area contributed by atoms with Crippen molar-refractivity contribution >= 4 is 0 Å². The highest BCUT2D eigenvalue weighted by molar-refractivity contribution is 5.15. The van der Waals surface area contributed by atoms with E-state index in [4.69, 9.17) is 0 Å². The summed E-state index contributed by atoms with van der Waals surface area (Å²) in [6, 6.07) is 10.8. The minimum absolute atomic E-state index is 0.0152. The largest absolute Gasteiger partial charge is 0.435 e. The number of likely N-dealkylation sites (tertiary alicyclic amines) is 1. The van der Waals surface area contributed by atoms with Gasteiger partial charge in [-0.25, -0.2) is 0 Å². The fourth-order valence-electron chi connectivity index (χ4n) is 3.31. The summed E-state index contributed by atoms with van der Waals surface area (Å²) in [7, 11) is 0. The van der Waals surface area contributed by atoms with Gasteiger partial charge in [-0.1, -0.05) is 30.3 Å². The van der Waals surface area contributed by atoms with E-state index in [0.717, 1.165) is 37.6 Å². The quantitative estimate of drug-likeness (QED) is 0.898. The van der Waals surface area contributed by atoms with Crippen molar-refractivity contribution < 1.29 is 18.3 Å². The molecule has 1 aromatic heterocycles. The first-order valence-electron chi connectivity index (χ1n) is 8.48. The number of aliphatic hydroxyl groups is 1. The van der Waals surface area contributed by atoms with Gasteiger partial charge in [-0.3, -0.25) is 4.68 Å². The first-order valence-corrected chi connectivity index (χ1v) is 8.48. The van der Waals surface area contributed by atoms with Gasteiger partial charge in [-0.2, -0.15) is 18.3 Å². The zero-order valence-electron chi connectivity index (χ0n) is 13.9. The van der Waals surface area contributed by atoms with Crippen LogP contribution in [0, 0.1) is 0 Å². The minimum atomic E-state index is -4.40. The average molecular weight is 353 g/mol. The number of aromatic nitrogens is 2.